The first-order valence-corrected chi connectivity index (χ1v) is 5.96. The van der Waals surface area contributed by atoms with Crippen molar-refractivity contribution in [1.82, 2.24) is 5.43 Å². The first-order chi connectivity index (χ1) is 9.38. The largest absolute Gasteiger partial charge is 0.792 e. The third-order valence-electron chi connectivity index (χ3n) is 2.97. The number of allylic oxidation sites excluding steroid dienone is 6. The number of hydrogen-bond acceptors (Lipinski definition) is 4. The van der Waals surface area contributed by atoms with Crippen molar-refractivity contribution in [3.63, 3.8) is 0 Å². The van der Waals surface area contributed by atoms with Crippen molar-refractivity contribution in [2.45, 2.75) is 0 Å². The number of para-hydroxylation sites is 1. The van der Waals surface area contributed by atoms with Gasteiger partial charge in [0, 0.05) is 23.6 Å². The molecule has 1 N–H and O–H groups in total. The van der Waals surface area contributed by atoms with E-state index in [2.05, 4.69) is 10.6 Å². The maximum atomic E-state index is 10.5. The second kappa shape index (κ2) is 4.86. The summed E-state index contributed by atoms with van der Waals surface area (Å²) in [4.78, 5) is 0. The predicted molar refractivity (Wildman–Crippen MR) is 77.3 cm³/mol. The van der Waals surface area contributed by atoms with E-state index in [1.165, 1.54) is 6.21 Å². The lowest BCUT2D eigenvalue weighted by Crippen LogP contribution is -2.27. The zero-order chi connectivity index (χ0) is 13.1. The molecule has 1 aliphatic heterocycles. The summed E-state index contributed by atoms with van der Waals surface area (Å²) in [5.74, 6) is 0. The molecular weight excluding hydrogens is 238 g/mol. The zero-order valence-electron chi connectivity index (χ0n) is 10.2. The molecule has 1 heterocycles. The van der Waals surface area contributed by atoms with Crippen LogP contribution in [-0.4, -0.2) is 6.21 Å². The van der Waals surface area contributed by atoms with Gasteiger partial charge in [-0.15, -0.1) is 0 Å². The fraction of sp³-hybridized carbons (Fsp3) is 0. The van der Waals surface area contributed by atoms with Gasteiger partial charge in [-0.05, 0) is 12.1 Å². The Hall–Kier alpha value is -2.75. The van der Waals surface area contributed by atoms with Gasteiger partial charge in [-0.2, -0.15) is 0 Å². The maximum Gasteiger partial charge on any atom is 0.0721 e. The fourth-order valence-electron chi connectivity index (χ4n) is 2.08. The summed E-state index contributed by atoms with van der Waals surface area (Å²) in [5.41, 5.74) is 6.96. The van der Waals surface area contributed by atoms with Gasteiger partial charge in [0.15, 0.2) is 0 Å². The van der Waals surface area contributed by atoms with Crippen LogP contribution in [0.3, 0.4) is 0 Å². The average molecular weight is 250 g/mol. The maximum absolute atomic E-state index is 10.5. The highest BCUT2D eigenvalue weighted by atomic mass is 16.4. The van der Waals surface area contributed by atoms with Crippen LogP contribution in [0.5, 0.6) is 0 Å². The van der Waals surface area contributed by atoms with Gasteiger partial charge in [-0.25, -0.2) is 0 Å². The summed E-state index contributed by atoms with van der Waals surface area (Å²) < 4.78 is 0. The van der Waals surface area contributed by atoms with Crippen LogP contribution in [0.25, 0.3) is 0 Å². The quantitative estimate of drug-likeness (QED) is 0.648. The lowest BCUT2D eigenvalue weighted by Gasteiger charge is -2.17. The van der Waals surface area contributed by atoms with Crippen LogP contribution in [0.1, 0.15) is 0 Å². The molecule has 0 fully saturated rings. The van der Waals surface area contributed by atoms with Crippen molar-refractivity contribution in [2.24, 2.45) is 5.16 Å². The van der Waals surface area contributed by atoms with Crippen LogP contribution < -0.4 is 10.4 Å². The zero-order valence-corrected chi connectivity index (χ0v) is 10.2. The van der Waals surface area contributed by atoms with Crippen LogP contribution in [0.4, 0.5) is 5.69 Å². The molecule has 1 aliphatic carbocycles. The van der Waals surface area contributed by atoms with E-state index in [4.69, 9.17) is 0 Å². The summed E-state index contributed by atoms with van der Waals surface area (Å²) in [6, 6.07) is 9.87. The molecule has 0 saturated carbocycles. The smallest absolute Gasteiger partial charge is 0.0721 e. The molecule has 94 valence electrons. The molecule has 0 aromatic heterocycles. The summed E-state index contributed by atoms with van der Waals surface area (Å²) in [7, 11) is 0. The summed E-state index contributed by atoms with van der Waals surface area (Å²) in [6.45, 7) is 0. The van der Waals surface area contributed by atoms with Gasteiger partial charge >= 0.3 is 0 Å². The molecule has 0 amide bonds. The topological polar surface area (TPSA) is 50.7 Å². The van der Waals surface area contributed by atoms with E-state index in [0.29, 0.717) is 0 Å². The number of anilines is 1. The number of nitrogens with zero attached hydrogens (tertiary/aromatic N) is 2. The van der Waals surface area contributed by atoms with Gasteiger partial charge in [-0.3, -0.25) is 10.4 Å². The third kappa shape index (κ3) is 2.15. The molecule has 19 heavy (non-hydrogen) atoms. The van der Waals surface area contributed by atoms with Gasteiger partial charge in [0.2, 0.25) is 0 Å². The normalized spacial score (nSPS) is 17.5. The van der Waals surface area contributed by atoms with Crippen molar-refractivity contribution in [3.8, 4) is 0 Å². The standard InChI is InChI=1S/C15H13N3O/c19-16-10-13-11-18(14-8-2-1-3-9-14)17-15(13)12-6-4-5-7-12/h1-11,17,19H/p-1. The molecule has 0 atom stereocenters. The second-order valence-corrected chi connectivity index (χ2v) is 4.18. The molecule has 0 spiro atoms. The summed E-state index contributed by atoms with van der Waals surface area (Å²) in [5, 5.41) is 15.3. The highest BCUT2D eigenvalue weighted by Crippen LogP contribution is 2.25. The van der Waals surface area contributed by atoms with E-state index in [9.17, 15) is 5.21 Å². The van der Waals surface area contributed by atoms with E-state index in [1.54, 1.807) is 0 Å². The first-order valence-electron chi connectivity index (χ1n) is 5.96. The van der Waals surface area contributed by atoms with Crippen molar-refractivity contribution < 1.29 is 0 Å². The Kier molecular flexibility index (Phi) is 2.90. The Morgan fingerprint density at radius 3 is 2.53 bits per heavy atom. The van der Waals surface area contributed by atoms with Crippen molar-refractivity contribution in [1.29, 1.82) is 0 Å². The van der Waals surface area contributed by atoms with Crippen molar-refractivity contribution in [3.05, 3.63) is 82.9 Å². The molecule has 0 unspecified atom stereocenters. The molecule has 3 rings (SSSR count). The van der Waals surface area contributed by atoms with E-state index >= 15 is 0 Å². The summed E-state index contributed by atoms with van der Waals surface area (Å²) >= 11 is 0. The molecule has 2 aliphatic rings. The van der Waals surface area contributed by atoms with Gasteiger partial charge in [0.25, 0.3) is 0 Å². The second-order valence-electron chi connectivity index (χ2n) is 4.18. The van der Waals surface area contributed by atoms with Crippen LogP contribution in [0.15, 0.2) is 82.8 Å². The van der Waals surface area contributed by atoms with E-state index in [-0.39, 0.29) is 0 Å². The van der Waals surface area contributed by atoms with Gasteiger partial charge < -0.3 is 10.4 Å². The Morgan fingerprint density at radius 2 is 1.84 bits per heavy atom. The SMILES string of the molecule is [O-]N=CC1=CN(c2ccccc2)NC1=C1C=CC=C1. The Bertz CT molecular complexity index is 610. The number of benzene rings is 1. The number of rotatable bonds is 2. The lowest BCUT2D eigenvalue weighted by molar-refractivity contribution is 0.877. The minimum atomic E-state index is 0.769. The minimum absolute atomic E-state index is 0.769. The molecule has 0 bridgehead atoms. The molecule has 4 heteroatoms. The first kappa shape index (κ1) is 11.3. The molecular formula is C15H12N3O-. The van der Waals surface area contributed by atoms with E-state index in [0.717, 1.165) is 22.5 Å². The minimum Gasteiger partial charge on any atom is -0.792 e. The Labute approximate surface area is 111 Å². The fourth-order valence-corrected chi connectivity index (χ4v) is 2.08. The monoisotopic (exact) mass is 250 g/mol. The lowest BCUT2D eigenvalue weighted by atomic mass is 10.1. The van der Waals surface area contributed by atoms with E-state index < -0.39 is 0 Å². The predicted octanol–water partition coefficient (Wildman–Crippen LogP) is 2.84. The van der Waals surface area contributed by atoms with Gasteiger partial charge in [0.05, 0.1) is 11.4 Å². The van der Waals surface area contributed by atoms with Crippen LogP contribution in [0.2, 0.25) is 0 Å². The molecule has 4 nitrogen and oxygen atoms in total. The van der Waals surface area contributed by atoms with Crippen molar-refractivity contribution >= 4 is 11.9 Å². The number of nitrogens with one attached hydrogen (secondary N) is 1. The highest BCUT2D eigenvalue weighted by Gasteiger charge is 2.19. The summed E-state index contributed by atoms with van der Waals surface area (Å²) in [6.07, 6.45) is 11.1. The van der Waals surface area contributed by atoms with Gasteiger partial charge in [-0.1, -0.05) is 42.5 Å². The van der Waals surface area contributed by atoms with E-state index in [1.807, 2.05) is 65.8 Å². The van der Waals surface area contributed by atoms with Crippen LogP contribution in [-0.2, 0) is 0 Å². The molecule has 1 aromatic rings. The Morgan fingerprint density at radius 1 is 1.11 bits per heavy atom. The molecule has 1 aromatic carbocycles. The van der Waals surface area contributed by atoms with Crippen LogP contribution in [0, 0.1) is 5.21 Å². The van der Waals surface area contributed by atoms with Crippen molar-refractivity contribution in [2.75, 3.05) is 5.01 Å². The molecule has 0 radical (unpaired) electrons. The van der Waals surface area contributed by atoms with Gasteiger partial charge in [0.1, 0.15) is 0 Å². The number of hydrogen-bond donors (Lipinski definition) is 1. The average Bonchev–Trinajstić information content (AvgIpc) is 3.09. The molecule has 0 saturated heterocycles. The highest BCUT2D eigenvalue weighted by molar-refractivity contribution is 5.88. The third-order valence-corrected chi connectivity index (χ3v) is 2.97. The Balaban J connectivity index is 1.99. The number of hydrazine groups is 1. The van der Waals surface area contributed by atoms with Crippen LogP contribution >= 0.6 is 0 Å².